The molecule has 0 saturated heterocycles. The van der Waals surface area contributed by atoms with E-state index in [1.165, 1.54) is 12.8 Å². The van der Waals surface area contributed by atoms with E-state index in [1.807, 2.05) is 38.2 Å². The van der Waals surface area contributed by atoms with Gasteiger partial charge in [0.05, 0.1) is 12.5 Å². The Morgan fingerprint density at radius 2 is 2.05 bits per heavy atom. The van der Waals surface area contributed by atoms with E-state index in [2.05, 4.69) is 10.3 Å². The van der Waals surface area contributed by atoms with E-state index < -0.39 is 5.41 Å². The van der Waals surface area contributed by atoms with Gasteiger partial charge in [0.2, 0.25) is 5.91 Å². The van der Waals surface area contributed by atoms with Gasteiger partial charge in [0.25, 0.3) is 0 Å². The van der Waals surface area contributed by atoms with Gasteiger partial charge in [-0.1, -0.05) is 12.8 Å². The summed E-state index contributed by atoms with van der Waals surface area (Å²) in [6, 6.07) is 6.24. The van der Waals surface area contributed by atoms with Crippen molar-refractivity contribution in [3.05, 3.63) is 30.0 Å². The van der Waals surface area contributed by atoms with Crippen LogP contribution in [0.15, 0.2) is 24.4 Å². The van der Waals surface area contributed by atoms with Crippen molar-refractivity contribution in [2.75, 3.05) is 7.11 Å². The van der Waals surface area contributed by atoms with Crippen LogP contribution >= 0.6 is 0 Å². The number of amides is 1. The highest BCUT2D eigenvalue weighted by atomic mass is 16.5. The summed E-state index contributed by atoms with van der Waals surface area (Å²) in [7, 11) is 1.66. The van der Waals surface area contributed by atoms with Crippen LogP contribution in [0.5, 0.6) is 5.75 Å². The zero-order valence-electron chi connectivity index (χ0n) is 13.5. The number of nitrogens with one attached hydrogen (secondary N) is 2. The summed E-state index contributed by atoms with van der Waals surface area (Å²) in [6.45, 7) is 3.97. The van der Waals surface area contributed by atoms with Crippen LogP contribution in [0.4, 0.5) is 0 Å². The molecule has 3 rings (SSSR count). The molecule has 2 aromatic rings. The van der Waals surface area contributed by atoms with E-state index in [9.17, 15) is 4.79 Å². The second kappa shape index (κ2) is 5.67. The van der Waals surface area contributed by atoms with E-state index in [0.29, 0.717) is 6.04 Å². The predicted octanol–water partition coefficient (Wildman–Crippen LogP) is 3.51. The number of carbonyl (C=O) groups excluding carboxylic acids is 1. The second-order valence-electron chi connectivity index (χ2n) is 6.69. The van der Waals surface area contributed by atoms with Gasteiger partial charge in [-0.3, -0.25) is 4.79 Å². The van der Waals surface area contributed by atoms with Crippen molar-refractivity contribution < 1.29 is 9.53 Å². The lowest BCUT2D eigenvalue weighted by Crippen LogP contribution is -2.44. The summed E-state index contributed by atoms with van der Waals surface area (Å²) in [6.07, 6.45) is 6.58. The number of hydrogen-bond acceptors (Lipinski definition) is 2. The standard InChI is InChI=1S/C18H24N2O2/c1-18(2,17(21)20-12-6-4-5-7-12)15-11-19-16-9-8-13(22-3)10-14(15)16/h8-12,19H,4-7H2,1-3H3,(H,20,21). The minimum absolute atomic E-state index is 0.100. The minimum atomic E-state index is -0.576. The van der Waals surface area contributed by atoms with Gasteiger partial charge in [-0.15, -0.1) is 0 Å². The van der Waals surface area contributed by atoms with Crippen LogP contribution in [-0.4, -0.2) is 24.0 Å². The molecule has 0 spiro atoms. The first-order valence-corrected chi connectivity index (χ1v) is 7.99. The highest BCUT2D eigenvalue weighted by Crippen LogP contribution is 2.33. The van der Waals surface area contributed by atoms with Crippen molar-refractivity contribution in [1.82, 2.24) is 10.3 Å². The first-order chi connectivity index (χ1) is 10.5. The number of hydrogen-bond donors (Lipinski definition) is 2. The number of carbonyl (C=O) groups is 1. The Bertz CT molecular complexity index is 681. The van der Waals surface area contributed by atoms with Gasteiger partial charge in [0.15, 0.2) is 0 Å². The highest BCUT2D eigenvalue weighted by molar-refractivity contribution is 5.95. The number of rotatable bonds is 4. The van der Waals surface area contributed by atoms with Gasteiger partial charge in [-0.05, 0) is 50.5 Å². The molecule has 0 aliphatic heterocycles. The Morgan fingerprint density at radius 3 is 2.73 bits per heavy atom. The third-order valence-electron chi connectivity index (χ3n) is 4.82. The Labute approximate surface area is 131 Å². The molecule has 4 heteroatoms. The normalized spacial score (nSPS) is 16.1. The molecule has 118 valence electrons. The molecule has 0 radical (unpaired) electrons. The molecule has 0 unspecified atom stereocenters. The van der Waals surface area contributed by atoms with E-state index >= 15 is 0 Å². The maximum absolute atomic E-state index is 12.8. The fraction of sp³-hybridized carbons (Fsp3) is 0.500. The van der Waals surface area contributed by atoms with Crippen LogP contribution in [0.25, 0.3) is 10.9 Å². The van der Waals surface area contributed by atoms with Crippen molar-refractivity contribution >= 4 is 16.8 Å². The predicted molar refractivity (Wildman–Crippen MR) is 88.3 cm³/mol. The van der Waals surface area contributed by atoms with Gasteiger partial charge in [0.1, 0.15) is 5.75 Å². The quantitative estimate of drug-likeness (QED) is 0.908. The largest absolute Gasteiger partial charge is 0.497 e. The van der Waals surface area contributed by atoms with Crippen molar-refractivity contribution in [1.29, 1.82) is 0 Å². The fourth-order valence-electron chi connectivity index (χ4n) is 3.30. The van der Waals surface area contributed by atoms with Gasteiger partial charge in [0, 0.05) is 23.1 Å². The fourth-order valence-corrected chi connectivity index (χ4v) is 3.30. The lowest BCUT2D eigenvalue weighted by Gasteiger charge is -2.26. The summed E-state index contributed by atoms with van der Waals surface area (Å²) in [4.78, 5) is 16.0. The number of benzene rings is 1. The molecule has 22 heavy (non-hydrogen) atoms. The summed E-state index contributed by atoms with van der Waals surface area (Å²) in [5, 5.41) is 4.26. The lowest BCUT2D eigenvalue weighted by atomic mass is 9.83. The summed E-state index contributed by atoms with van der Waals surface area (Å²) in [5.74, 6) is 0.906. The molecule has 1 aliphatic rings. The molecule has 1 aromatic carbocycles. The molecular weight excluding hydrogens is 276 g/mol. The molecule has 1 heterocycles. The topological polar surface area (TPSA) is 54.1 Å². The van der Waals surface area contributed by atoms with Gasteiger partial charge in [-0.2, -0.15) is 0 Å². The number of aromatic amines is 1. The number of H-pyrrole nitrogens is 1. The average Bonchev–Trinajstić information content (AvgIpc) is 3.15. The average molecular weight is 300 g/mol. The van der Waals surface area contributed by atoms with Gasteiger partial charge < -0.3 is 15.0 Å². The van der Waals surface area contributed by atoms with Crippen molar-refractivity contribution in [3.63, 3.8) is 0 Å². The SMILES string of the molecule is COc1ccc2[nH]cc(C(C)(C)C(=O)NC3CCCC3)c2c1. The molecule has 4 nitrogen and oxygen atoms in total. The number of fused-ring (bicyclic) bond motifs is 1. The van der Waals surface area contributed by atoms with Crippen molar-refractivity contribution in [2.24, 2.45) is 0 Å². The third kappa shape index (κ3) is 2.58. The van der Waals surface area contributed by atoms with E-state index in [1.54, 1.807) is 7.11 Å². The molecule has 1 amide bonds. The second-order valence-corrected chi connectivity index (χ2v) is 6.69. The first-order valence-electron chi connectivity index (χ1n) is 7.99. The smallest absolute Gasteiger partial charge is 0.230 e. The molecular formula is C18H24N2O2. The Hall–Kier alpha value is -1.97. The lowest BCUT2D eigenvalue weighted by molar-refractivity contribution is -0.126. The number of aromatic nitrogens is 1. The van der Waals surface area contributed by atoms with Crippen LogP contribution in [0.1, 0.15) is 45.1 Å². The van der Waals surface area contributed by atoms with E-state index in [-0.39, 0.29) is 5.91 Å². The Balaban J connectivity index is 1.91. The Kier molecular flexibility index (Phi) is 3.85. The maximum atomic E-state index is 12.8. The molecule has 1 aromatic heterocycles. The number of ether oxygens (including phenoxy) is 1. The minimum Gasteiger partial charge on any atom is -0.497 e. The third-order valence-corrected chi connectivity index (χ3v) is 4.82. The maximum Gasteiger partial charge on any atom is 0.230 e. The van der Waals surface area contributed by atoms with Gasteiger partial charge in [-0.25, -0.2) is 0 Å². The zero-order chi connectivity index (χ0) is 15.7. The van der Waals surface area contributed by atoms with Crippen molar-refractivity contribution in [2.45, 2.75) is 51.0 Å². The van der Waals surface area contributed by atoms with E-state index in [4.69, 9.17) is 4.74 Å². The molecule has 1 fully saturated rings. The van der Waals surface area contributed by atoms with Gasteiger partial charge >= 0.3 is 0 Å². The monoisotopic (exact) mass is 300 g/mol. The summed E-state index contributed by atoms with van der Waals surface area (Å²) >= 11 is 0. The molecule has 2 N–H and O–H groups in total. The summed E-state index contributed by atoms with van der Waals surface area (Å²) < 4.78 is 5.31. The number of methoxy groups -OCH3 is 1. The van der Waals surface area contributed by atoms with Crippen LogP contribution in [-0.2, 0) is 10.2 Å². The van der Waals surface area contributed by atoms with Crippen LogP contribution in [0, 0.1) is 0 Å². The summed E-state index contributed by atoms with van der Waals surface area (Å²) in [5.41, 5.74) is 1.46. The molecule has 1 saturated carbocycles. The van der Waals surface area contributed by atoms with E-state index in [0.717, 1.165) is 35.1 Å². The van der Waals surface area contributed by atoms with Crippen LogP contribution in [0.2, 0.25) is 0 Å². The Morgan fingerprint density at radius 1 is 1.32 bits per heavy atom. The zero-order valence-corrected chi connectivity index (χ0v) is 13.5. The molecule has 0 bridgehead atoms. The van der Waals surface area contributed by atoms with Crippen LogP contribution in [0.3, 0.4) is 0 Å². The highest BCUT2D eigenvalue weighted by Gasteiger charge is 2.34. The van der Waals surface area contributed by atoms with Crippen LogP contribution < -0.4 is 10.1 Å². The van der Waals surface area contributed by atoms with Crippen molar-refractivity contribution in [3.8, 4) is 5.75 Å². The molecule has 1 aliphatic carbocycles. The first kappa shape index (κ1) is 14.9. The molecule has 0 atom stereocenters.